The van der Waals surface area contributed by atoms with Crippen molar-refractivity contribution < 1.29 is 4.42 Å². The number of aliphatic imine (C=N–C) groups is 1. The van der Waals surface area contributed by atoms with Gasteiger partial charge < -0.3 is 8.98 Å². The summed E-state index contributed by atoms with van der Waals surface area (Å²) in [5, 5.41) is 9.75. The number of aromatic nitrogens is 1. The van der Waals surface area contributed by atoms with Crippen molar-refractivity contribution in [2.45, 2.75) is 18.8 Å². The first-order valence-electron chi connectivity index (χ1n) is 19.4. The fourth-order valence-electron chi connectivity index (χ4n) is 9.26. The standard InChI is InChI=1S/C52H34N2OS/c1-2-13-32(14-3-1)42-26-25-35(36-20-12-21-39-38-18-8-11-24-49(38)56-52(36)39)30-43(53-42)51-45(27-28-48-50(51)40-19-7-10-23-47(40)55-48)54-44-22-9-6-17-37(44)41-29-33-15-4-5-16-34(33)31-46(41)54/h1-24,27-31,35H,25-26H2. The largest absolute Gasteiger partial charge is 0.456 e. The highest BCUT2D eigenvalue weighted by atomic mass is 32.1. The number of nitrogens with zero attached hydrogens (tertiary/aromatic N) is 2. The van der Waals surface area contributed by atoms with Crippen LogP contribution in [-0.2, 0) is 0 Å². The Morgan fingerprint density at radius 3 is 2.20 bits per heavy atom. The van der Waals surface area contributed by atoms with Gasteiger partial charge in [-0.25, -0.2) is 0 Å². The van der Waals surface area contributed by atoms with Crippen LogP contribution >= 0.6 is 11.3 Å². The van der Waals surface area contributed by atoms with Crippen molar-refractivity contribution in [3.63, 3.8) is 0 Å². The van der Waals surface area contributed by atoms with Crippen molar-refractivity contribution in [2.24, 2.45) is 4.99 Å². The fraction of sp³-hybridized carbons (Fsp3) is 0.0577. The van der Waals surface area contributed by atoms with E-state index in [-0.39, 0.29) is 5.92 Å². The van der Waals surface area contributed by atoms with Crippen LogP contribution in [0.3, 0.4) is 0 Å². The van der Waals surface area contributed by atoms with Gasteiger partial charge in [0.15, 0.2) is 0 Å². The van der Waals surface area contributed by atoms with Crippen LogP contribution < -0.4 is 0 Å². The van der Waals surface area contributed by atoms with E-state index in [9.17, 15) is 0 Å². The Hall–Kier alpha value is -6.75. The third-order valence-corrected chi connectivity index (χ3v) is 13.0. The van der Waals surface area contributed by atoms with Crippen molar-refractivity contribution in [3.05, 3.63) is 193 Å². The minimum absolute atomic E-state index is 0.134. The van der Waals surface area contributed by atoms with Crippen LogP contribution in [0.15, 0.2) is 185 Å². The van der Waals surface area contributed by atoms with Crippen molar-refractivity contribution in [1.82, 2.24) is 4.57 Å². The SMILES string of the molecule is C1=C(c2c(-n3c4ccccc4c4cc5ccccc5cc43)ccc3oc4ccccc4c23)N=C(c2ccccc2)CCC1c1cccc2c1sc1ccccc12. The molecule has 3 aromatic heterocycles. The Kier molecular flexibility index (Phi) is 6.99. The molecule has 0 spiro atoms. The number of furan rings is 1. The lowest BCUT2D eigenvalue weighted by atomic mass is 9.90. The third kappa shape index (κ3) is 4.79. The average molecular weight is 735 g/mol. The first kappa shape index (κ1) is 31.6. The molecule has 0 saturated heterocycles. The number of fused-ring (bicyclic) bond motifs is 10. The molecule has 0 N–H and O–H groups in total. The maximum absolute atomic E-state index is 6.65. The van der Waals surface area contributed by atoms with Crippen LogP contribution in [0.25, 0.3) is 86.1 Å². The number of benzene rings is 8. The molecule has 0 amide bonds. The van der Waals surface area contributed by atoms with Crippen LogP contribution in [0.4, 0.5) is 0 Å². The van der Waals surface area contributed by atoms with Gasteiger partial charge in [-0.15, -0.1) is 11.3 Å². The molecule has 4 heteroatoms. The lowest BCUT2D eigenvalue weighted by Crippen LogP contribution is -2.03. The molecule has 1 atom stereocenters. The Morgan fingerprint density at radius 2 is 1.30 bits per heavy atom. The van der Waals surface area contributed by atoms with Gasteiger partial charge in [0.05, 0.1) is 22.4 Å². The Bertz CT molecular complexity index is 3430. The van der Waals surface area contributed by atoms with Gasteiger partial charge in [0.25, 0.3) is 0 Å². The second-order valence-electron chi connectivity index (χ2n) is 14.9. The van der Waals surface area contributed by atoms with Crippen LogP contribution in [-0.4, -0.2) is 10.3 Å². The van der Waals surface area contributed by atoms with E-state index in [0.717, 1.165) is 63.0 Å². The van der Waals surface area contributed by atoms with Crippen molar-refractivity contribution >= 4 is 97.4 Å². The summed E-state index contributed by atoms with van der Waals surface area (Å²) in [6.07, 6.45) is 4.27. The molecule has 264 valence electrons. The molecule has 1 aliphatic heterocycles. The lowest BCUT2D eigenvalue weighted by molar-refractivity contribution is 0.669. The molecule has 1 unspecified atom stereocenters. The van der Waals surface area contributed by atoms with Gasteiger partial charge in [-0.3, -0.25) is 4.99 Å². The number of hydrogen-bond acceptors (Lipinski definition) is 3. The van der Waals surface area contributed by atoms with Crippen LogP contribution in [0.1, 0.15) is 35.4 Å². The summed E-state index contributed by atoms with van der Waals surface area (Å²) < 4.78 is 11.8. The quantitative estimate of drug-likeness (QED) is 0.177. The summed E-state index contributed by atoms with van der Waals surface area (Å²) in [6, 6.07) is 61.5. The predicted octanol–water partition coefficient (Wildman–Crippen LogP) is 14.6. The van der Waals surface area contributed by atoms with Gasteiger partial charge in [0.1, 0.15) is 11.2 Å². The molecule has 0 fully saturated rings. The zero-order valence-corrected chi connectivity index (χ0v) is 31.3. The smallest absolute Gasteiger partial charge is 0.136 e. The molecule has 0 radical (unpaired) electrons. The molecular weight excluding hydrogens is 701 g/mol. The molecule has 56 heavy (non-hydrogen) atoms. The lowest BCUT2D eigenvalue weighted by Gasteiger charge is -2.18. The highest BCUT2D eigenvalue weighted by molar-refractivity contribution is 7.26. The van der Waals surface area contributed by atoms with Gasteiger partial charge in [-0.05, 0) is 77.2 Å². The van der Waals surface area contributed by atoms with Gasteiger partial charge >= 0.3 is 0 Å². The minimum atomic E-state index is 0.134. The first-order valence-corrected chi connectivity index (χ1v) is 20.2. The van der Waals surface area contributed by atoms with Gasteiger partial charge in [0.2, 0.25) is 0 Å². The van der Waals surface area contributed by atoms with Crippen LogP contribution in [0, 0.1) is 0 Å². The second-order valence-corrected chi connectivity index (χ2v) is 16.0. The molecule has 12 rings (SSSR count). The van der Waals surface area contributed by atoms with E-state index in [2.05, 4.69) is 181 Å². The maximum Gasteiger partial charge on any atom is 0.136 e. The Balaban J connectivity index is 1.21. The summed E-state index contributed by atoms with van der Waals surface area (Å²) in [7, 11) is 0. The second kappa shape index (κ2) is 12.4. The van der Waals surface area contributed by atoms with Crippen LogP contribution in [0.2, 0.25) is 0 Å². The molecule has 3 nitrogen and oxygen atoms in total. The minimum Gasteiger partial charge on any atom is -0.456 e. The molecule has 8 aromatic carbocycles. The topological polar surface area (TPSA) is 30.4 Å². The Morgan fingerprint density at radius 1 is 0.571 bits per heavy atom. The van der Waals surface area contributed by atoms with E-state index < -0.39 is 0 Å². The van der Waals surface area contributed by atoms with Crippen molar-refractivity contribution in [1.29, 1.82) is 0 Å². The molecule has 0 saturated carbocycles. The van der Waals surface area contributed by atoms with Crippen LogP contribution in [0.5, 0.6) is 0 Å². The normalized spacial score (nSPS) is 15.0. The highest BCUT2D eigenvalue weighted by Crippen LogP contribution is 2.46. The predicted molar refractivity (Wildman–Crippen MR) is 238 cm³/mol. The third-order valence-electron chi connectivity index (χ3n) is 11.8. The molecule has 11 aromatic rings. The number of hydrogen-bond donors (Lipinski definition) is 0. The first-order chi connectivity index (χ1) is 27.8. The Labute approximate surface area is 327 Å². The number of para-hydroxylation sites is 2. The van der Waals surface area contributed by atoms with Crippen molar-refractivity contribution in [3.8, 4) is 5.69 Å². The summed E-state index contributed by atoms with van der Waals surface area (Å²) in [5.74, 6) is 0.134. The average Bonchev–Trinajstić information content (AvgIpc) is 3.86. The summed E-state index contributed by atoms with van der Waals surface area (Å²) in [6.45, 7) is 0. The van der Waals surface area contributed by atoms with Gasteiger partial charge in [0, 0.05) is 58.9 Å². The molecular formula is C52H34N2OS. The van der Waals surface area contributed by atoms with Gasteiger partial charge in [-0.2, -0.15) is 0 Å². The molecule has 0 bridgehead atoms. The van der Waals surface area contributed by atoms with E-state index >= 15 is 0 Å². The number of rotatable bonds is 4. The zero-order valence-electron chi connectivity index (χ0n) is 30.4. The zero-order chi connectivity index (χ0) is 36.7. The maximum atomic E-state index is 6.65. The fourth-order valence-corrected chi connectivity index (χ4v) is 10.5. The van der Waals surface area contributed by atoms with E-state index in [4.69, 9.17) is 9.41 Å². The summed E-state index contributed by atoms with van der Waals surface area (Å²) in [4.78, 5) is 5.76. The van der Waals surface area contributed by atoms with E-state index in [1.807, 2.05) is 11.3 Å². The molecule has 4 heterocycles. The van der Waals surface area contributed by atoms with Gasteiger partial charge in [-0.1, -0.05) is 133 Å². The number of thiophene rings is 1. The van der Waals surface area contributed by atoms with E-state index in [1.54, 1.807) is 0 Å². The molecule has 1 aliphatic rings. The molecule has 0 aliphatic carbocycles. The van der Waals surface area contributed by atoms with Crippen molar-refractivity contribution in [2.75, 3.05) is 0 Å². The number of allylic oxidation sites excluding steroid dienone is 1. The van der Waals surface area contributed by atoms with E-state index in [1.165, 1.54) is 58.3 Å². The summed E-state index contributed by atoms with van der Waals surface area (Å²) >= 11 is 1.91. The van der Waals surface area contributed by atoms with E-state index in [0.29, 0.717) is 0 Å². The summed E-state index contributed by atoms with van der Waals surface area (Å²) in [5.41, 5.74) is 10.9. The highest BCUT2D eigenvalue weighted by Gasteiger charge is 2.27. The monoisotopic (exact) mass is 734 g/mol.